The molecule has 1 heterocycles. The van der Waals surface area contributed by atoms with Crippen molar-refractivity contribution in [3.8, 4) is 5.88 Å². The third kappa shape index (κ3) is 3.30. The molecule has 0 aliphatic heterocycles. The standard InChI is InChI=1S/C14H14BrNO/c1-2-12(11-7-4-3-5-8-11)17-14-10-6-9-13(15)16-14/h3-10,12H,2H2,1H3. The molecular weight excluding hydrogens is 278 g/mol. The van der Waals surface area contributed by atoms with Gasteiger partial charge in [-0.3, -0.25) is 0 Å². The minimum absolute atomic E-state index is 0.0537. The highest BCUT2D eigenvalue weighted by molar-refractivity contribution is 9.10. The second-order valence-electron chi connectivity index (χ2n) is 3.72. The fourth-order valence-electron chi connectivity index (χ4n) is 1.66. The molecule has 0 saturated heterocycles. The molecule has 1 aromatic carbocycles. The van der Waals surface area contributed by atoms with Crippen molar-refractivity contribution in [2.75, 3.05) is 0 Å². The molecule has 0 saturated carbocycles. The summed E-state index contributed by atoms with van der Waals surface area (Å²) in [5.41, 5.74) is 1.18. The highest BCUT2D eigenvalue weighted by Crippen LogP contribution is 2.23. The van der Waals surface area contributed by atoms with Gasteiger partial charge in [0.1, 0.15) is 10.7 Å². The number of nitrogens with zero attached hydrogens (tertiary/aromatic N) is 1. The first-order valence-corrected chi connectivity index (χ1v) is 6.43. The molecule has 0 aliphatic carbocycles. The number of rotatable bonds is 4. The van der Waals surface area contributed by atoms with Crippen molar-refractivity contribution in [2.45, 2.75) is 19.4 Å². The van der Waals surface area contributed by atoms with Crippen LogP contribution < -0.4 is 4.74 Å². The molecule has 0 spiro atoms. The topological polar surface area (TPSA) is 22.1 Å². The first-order chi connectivity index (χ1) is 8.29. The number of halogens is 1. The first kappa shape index (κ1) is 12.1. The Kier molecular flexibility index (Phi) is 4.15. The fourth-order valence-corrected chi connectivity index (χ4v) is 1.98. The predicted molar refractivity (Wildman–Crippen MR) is 72.0 cm³/mol. The smallest absolute Gasteiger partial charge is 0.214 e. The summed E-state index contributed by atoms with van der Waals surface area (Å²) in [6.07, 6.45) is 0.969. The summed E-state index contributed by atoms with van der Waals surface area (Å²) in [5, 5.41) is 0. The Labute approximate surface area is 110 Å². The Hall–Kier alpha value is -1.35. The minimum atomic E-state index is 0.0537. The van der Waals surface area contributed by atoms with Gasteiger partial charge in [0.05, 0.1) is 0 Å². The van der Waals surface area contributed by atoms with Crippen LogP contribution in [0.3, 0.4) is 0 Å². The molecule has 17 heavy (non-hydrogen) atoms. The second-order valence-corrected chi connectivity index (χ2v) is 4.54. The lowest BCUT2D eigenvalue weighted by Gasteiger charge is -2.17. The Morgan fingerprint density at radius 1 is 1.12 bits per heavy atom. The lowest BCUT2D eigenvalue weighted by atomic mass is 10.1. The molecule has 2 aromatic rings. The average molecular weight is 292 g/mol. The second kappa shape index (κ2) is 5.82. The molecule has 0 N–H and O–H groups in total. The van der Waals surface area contributed by atoms with Gasteiger partial charge in [-0.15, -0.1) is 0 Å². The molecule has 1 unspecified atom stereocenters. The van der Waals surface area contributed by atoms with Crippen LogP contribution in [0.5, 0.6) is 5.88 Å². The molecule has 0 fully saturated rings. The Balaban J connectivity index is 2.16. The zero-order valence-electron chi connectivity index (χ0n) is 9.64. The summed E-state index contributed by atoms with van der Waals surface area (Å²) in [5.74, 6) is 0.648. The molecule has 0 aliphatic rings. The molecule has 2 nitrogen and oxygen atoms in total. The van der Waals surface area contributed by atoms with E-state index in [0.29, 0.717) is 5.88 Å². The van der Waals surface area contributed by atoms with Gasteiger partial charge >= 0.3 is 0 Å². The number of hydrogen-bond donors (Lipinski definition) is 0. The molecular formula is C14H14BrNO. The quantitative estimate of drug-likeness (QED) is 0.780. The minimum Gasteiger partial charge on any atom is -0.469 e. The predicted octanol–water partition coefficient (Wildman–Crippen LogP) is 4.37. The van der Waals surface area contributed by atoms with E-state index in [2.05, 4.69) is 40.0 Å². The highest BCUT2D eigenvalue weighted by atomic mass is 79.9. The fraction of sp³-hybridized carbons (Fsp3) is 0.214. The van der Waals surface area contributed by atoms with E-state index in [1.807, 2.05) is 36.4 Å². The molecule has 88 valence electrons. The Morgan fingerprint density at radius 3 is 2.53 bits per heavy atom. The van der Waals surface area contributed by atoms with E-state index in [0.717, 1.165) is 11.0 Å². The van der Waals surface area contributed by atoms with Crippen LogP contribution in [0.15, 0.2) is 53.1 Å². The van der Waals surface area contributed by atoms with Crippen molar-refractivity contribution < 1.29 is 4.74 Å². The van der Waals surface area contributed by atoms with Crippen LogP contribution in [-0.2, 0) is 0 Å². The van der Waals surface area contributed by atoms with E-state index in [9.17, 15) is 0 Å². The maximum Gasteiger partial charge on any atom is 0.214 e. The van der Waals surface area contributed by atoms with Gasteiger partial charge in [0.2, 0.25) is 5.88 Å². The summed E-state index contributed by atoms with van der Waals surface area (Å²) in [7, 11) is 0. The third-order valence-electron chi connectivity index (χ3n) is 2.49. The van der Waals surface area contributed by atoms with Gasteiger partial charge < -0.3 is 4.74 Å². The van der Waals surface area contributed by atoms with E-state index in [1.165, 1.54) is 5.56 Å². The van der Waals surface area contributed by atoms with Gasteiger partial charge in [0, 0.05) is 6.07 Å². The van der Waals surface area contributed by atoms with Gasteiger partial charge in [-0.25, -0.2) is 4.98 Å². The lowest BCUT2D eigenvalue weighted by molar-refractivity contribution is 0.192. The zero-order valence-corrected chi connectivity index (χ0v) is 11.2. The van der Waals surface area contributed by atoms with Crippen LogP contribution in [0.25, 0.3) is 0 Å². The monoisotopic (exact) mass is 291 g/mol. The van der Waals surface area contributed by atoms with Crippen LogP contribution in [0.2, 0.25) is 0 Å². The van der Waals surface area contributed by atoms with Crippen molar-refractivity contribution >= 4 is 15.9 Å². The number of aromatic nitrogens is 1. The zero-order chi connectivity index (χ0) is 12.1. The van der Waals surface area contributed by atoms with E-state index in [-0.39, 0.29) is 6.10 Å². The van der Waals surface area contributed by atoms with Crippen LogP contribution in [-0.4, -0.2) is 4.98 Å². The summed E-state index contributed by atoms with van der Waals surface area (Å²) in [6, 6.07) is 15.9. The molecule has 2 rings (SSSR count). The first-order valence-electron chi connectivity index (χ1n) is 5.63. The van der Waals surface area contributed by atoms with Crippen LogP contribution in [0, 0.1) is 0 Å². The van der Waals surface area contributed by atoms with Gasteiger partial charge in [-0.05, 0) is 34.0 Å². The number of hydrogen-bond acceptors (Lipinski definition) is 2. The van der Waals surface area contributed by atoms with E-state index in [4.69, 9.17) is 4.74 Å². The van der Waals surface area contributed by atoms with E-state index >= 15 is 0 Å². The molecule has 1 atom stereocenters. The largest absolute Gasteiger partial charge is 0.469 e. The normalized spacial score (nSPS) is 12.1. The van der Waals surface area contributed by atoms with Gasteiger partial charge in [-0.1, -0.05) is 43.3 Å². The molecule has 0 bridgehead atoms. The molecule has 3 heteroatoms. The molecule has 1 aromatic heterocycles. The van der Waals surface area contributed by atoms with Crippen LogP contribution in [0.4, 0.5) is 0 Å². The van der Waals surface area contributed by atoms with Crippen molar-refractivity contribution in [1.29, 1.82) is 0 Å². The number of benzene rings is 1. The van der Waals surface area contributed by atoms with Gasteiger partial charge in [0.15, 0.2) is 0 Å². The van der Waals surface area contributed by atoms with E-state index in [1.54, 1.807) is 0 Å². The Bertz CT molecular complexity index is 473. The SMILES string of the molecule is CCC(Oc1cccc(Br)n1)c1ccccc1. The average Bonchev–Trinajstić information content (AvgIpc) is 2.37. The van der Waals surface area contributed by atoms with Crippen molar-refractivity contribution in [3.05, 3.63) is 58.7 Å². The Morgan fingerprint density at radius 2 is 1.88 bits per heavy atom. The number of ether oxygens (including phenoxy) is 1. The van der Waals surface area contributed by atoms with Crippen LogP contribution in [0.1, 0.15) is 25.0 Å². The summed E-state index contributed by atoms with van der Waals surface area (Å²) in [6.45, 7) is 2.11. The maximum absolute atomic E-state index is 5.89. The molecule has 0 amide bonds. The maximum atomic E-state index is 5.89. The van der Waals surface area contributed by atoms with Crippen molar-refractivity contribution in [3.63, 3.8) is 0 Å². The summed E-state index contributed by atoms with van der Waals surface area (Å²) < 4.78 is 6.68. The van der Waals surface area contributed by atoms with E-state index < -0.39 is 0 Å². The summed E-state index contributed by atoms with van der Waals surface area (Å²) >= 11 is 3.34. The van der Waals surface area contributed by atoms with Gasteiger partial charge in [-0.2, -0.15) is 0 Å². The molecule has 0 radical (unpaired) electrons. The summed E-state index contributed by atoms with van der Waals surface area (Å²) in [4.78, 5) is 4.28. The van der Waals surface area contributed by atoms with Crippen molar-refractivity contribution in [2.24, 2.45) is 0 Å². The highest BCUT2D eigenvalue weighted by Gasteiger charge is 2.11. The van der Waals surface area contributed by atoms with Gasteiger partial charge in [0.25, 0.3) is 0 Å². The van der Waals surface area contributed by atoms with Crippen LogP contribution >= 0.6 is 15.9 Å². The third-order valence-corrected chi connectivity index (χ3v) is 2.94. The number of pyridine rings is 1. The van der Waals surface area contributed by atoms with Crippen molar-refractivity contribution in [1.82, 2.24) is 4.98 Å². The lowest BCUT2D eigenvalue weighted by Crippen LogP contribution is -2.07.